The van der Waals surface area contributed by atoms with Gasteiger partial charge in [0, 0.05) is 5.69 Å². The molecule has 1 aromatic carbocycles. The first-order chi connectivity index (χ1) is 14.7. The molecule has 8 N–H and O–H groups in total. The van der Waals surface area contributed by atoms with Crippen LogP contribution in [0, 0.1) is 13.8 Å². The summed E-state index contributed by atoms with van der Waals surface area (Å²) in [6.07, 6.45) is -14.2. The standard InChI is InChI=1S/C20H31NO10/c1-8-3-4-10(5-9(8)2)21-19-16(27)15(26)18(12(7-23)29-19)31-20-17(28)14(25)13(24)11(6-22)30-20/h3-5,11-28H,6-7H2,1-2H3/t11-,12-,13+,14+,15-,16-,17+,18+,19+,20+/m0/s1. The molecule has 0 saturated carbocycles. The van der Waals surface area contributed by atoms with Crippen molar-refractivity contribution in [1.82, 2.24) is 0 Å². The number of aliphatic hydroxyl groups excluding tert-OH is 7. The van der Waals surface area contributed by atoms with Gasteiger partial charge < -0.3 is 55.3 Å². The van der Waals surface area contributed by atoms with Crippen LogP contribution in [0.3, 0.4) is 0 Å². The molecule has 1 aromatic rings. The highest BCUT2D eigenvalue weighted by molar-refractivity contribution is 5.48. The Kier molecular flexibility index (Phi) is 7.86. The number of aliphatic hydroxyl groups is 7. The summed E-state index contributed by atoms with van der Waals surface area (Å²) in [4.78, 5) is 0. The first kappa shape index (κ1) is 24.3. The van der Waals surface area contributed by atoms with E-state index >= 15 is 0 Å². The molecule has 0 aromatic heterocycles. The lowest BCUT2D eigenvalue weighted by Gasteiger charge is -2.46. The van der Waals surface area contributed by atoms with Crippen LogP contribution >= 0.6 is 0 Å². The zero-order valence-corrected chi connectivity index (χ0v) is 17.3. The SMILES string of the molecule is Cc1ccc(N[C@@H]2O[C@@H](CO)[C@@H](O[C@H]3O[C@@H](CO)[C@@H](O)[C@@H](O)[C@H]3O)[C@@H](O)[C@@H]2O)cc1C. The average molecular weight is 445 g/mol. The molecule has 31 heavy (non-hydrogen) atoms. The largest absolute Gasteiger partial charge is 0.394 e. The highest BCUT2D eigenvalue weighted by Gasteiger charge is 2.50. The third-order valence-electron chi connectivity index (χ3n) is 5.82. The van der Waals surface area contributed by atoms with Crippen LogP contribution in [0.5, 0.6) is 0 Å². The van der Waals surface area contributed by atoms with Crippen LogP contribution in [0.2, 0.25) is 0 Å². The molecule has 11 heteroatoms. The number of nitrogens with one attached hydrogen (secondary N) is 1. The number of benzene rings is 1. The number of hydrogen-bond donors (Lipinski definition) is 8. The Labute approximate surface area is 179 Å². The van der Waals surface area contributed by atoms with Crippen molar-refractivity contribution < 1.29 is 50.0 Å². The summed E-state index contributed by atoms with van der Waals surface area (Å²) in [5, 5.41) is 73.2. The summed E-state index contributed by atoms with van der Waals surface area (Å²) < 4.78 is 16.5. The molecule has 3 rings (SSSR count). The molecule has 176 valence electrons. The Morgan fingerprint density at radius 1 is 0.806 bits per heavy atom. The lowest BCUT2D eigenvalue weighted by molar-refractivity contribution is -0.340. The monoisotopic (exact) mass is 445 g/mol. The van der Waals surface area contributed by atoms with Gasteiger partial charge in [0.25, 0.3) is 0 Å². The highest BCUT2D eigenvalue weighted by atomic mass is 16.7. The zero-order valence-electron chi connectivity index (χ0n) is 17.3. The van der Waals surface area contributed by atoms with E-state index in [0.717, 1.165) is 11.1 Å². The lowest BCUT2D eigenvalue weighted by atomic mass is 9.96. The Hall–Kier alpha value is -1.38. The molecule has 2 saturated heterocycles. The van der Waals surface area contributed by atoms with Crippen molar-refractivity contribution in [3.63, 3.8) is 0 Å². The van der Waals surface area contributed by atoms with Crippen LogP contribution in [0.25, 0.3) is 0 Å². The molecule has 0 amide bonds. The van der Waals surface area contributed by atoms with E-state index in [-0.39, 0.29) is 0 Å². The van der Waals surface area contributed by atoms with E-state index in [4.69, 9.17) is 14.2 Å². The van der Waals surface area contributed by atoms with Gasteiger partial charge in [0.2, 0.25) is 0 Å². The fraction of sp³-hybridized carbons (Fsp3) is 0.700. The number of aryl methyl sites for hydroxylation is 2. The van der Waals surface area contributed by atoms with E-state index in [1.807, 2.05) is 26.0 Å². The van der Waals surface area contributed by atoms with Gasteiger partial charge in [-0.25, -0.2) is 0 Å². The second kappa shape index (κ2) is 10.0. The maximum absolute atomic E-state index is 10.6. The van der Waals surface area contributed by atoms with Crippen molar-refractivity contribution in [1.29, 1.82) is 0 Å². The molecule has 2 fully saturated rings. The molecule has 0 aliphatic carbocycles. The Balaban J connectivity index is 1.72. The molecule has 0 spiro atoms. The van der Waals surface area contributed by atoms with Gasteiger partial charge in [0.15, 0.2) is 12.5 Å². The second-order valence-electron chi connectivity index (χ2n) is 8.00. The fourth-order valence-electron chi connectivity index (χ4n) is 3.70. The van der Waals surface area contributed by atoms with Gasteiger partial charge in [0.05, 0.1) is 13.2 Å². The zero-order chi connectivity index (χ0) is 22.9. The van der Waals surface area contributed by atoms with Crippen LogP contribution < -0.4 is 5.32 Å². The van der Waals surface area contributed by atoms with E-state index in [2.05, 4.69) is 5.32 Å². The summed E-state index contributed by atoms with van der Waals surface area (Å²) >= 11 is 0. The maximum atomic E-state index is 10.6. The molecule has 0 radical (unpaired) electrons. The lowest BCUT2D eigenvalue weighted by Crippen LogP contribution is -2.65. The van der Waals surface area contributed by atoms with Crippen LogP contribution in [-0.2, 0) is 14.2 Å². The topological polar surface area (TPSA) is 181 Å². The molecule has 2 aliphatic heterocycles. The van der Waals surface area contributed by atoms with E-state index < -0.39 is 74.6 Å². The third-order valence-corrected chi connectivity index (χ3v) is 5.82. The predicted molar refractivity (Wildman–Crippen MR) is 106 cm³/mol. The van der Waals surface area contributed by atoms with Gasteiger partial charge in [0.1, 0.15) is 48.8 Å². The van der Waals surface area contributed by atoms with Gasteiger partial charge in [-0.05, 0) is 37.1 Å². The molecule has 11 nitrogen and oxygen atoms in total. The van der Waals surface area contributed by atoms with E-state index in [1.54, 1.807) is 6.07 Å². The Bertz CT molecular complexity index is 732. The summed E-state index contributed by atoms with van der Waals surface area (Å²) in [6.45, 7) is 2.64. The normalized spacial score (nSPS) is 41.2. The fourth-order valence-corrected chi connectivity index (χ4v) is 3.70. The van der Waals surface area contributed by atoms with Crippen LogP contribution in [0.4, 0.5) is 5.69 Å². The quantitative estimate of drug-likeness (QED) is 0.229. The van der Waals surface area contributed by atoms with Gasteiger partial charge in [-0.1, -0.05) is 6.07 Å². The second-order valence-corrected chi connectivity index (χ2v) is 8.00. The Morgan fingerprint density at radius 2 is 1.48 bits per heavy atom. The van der Waals surface area contributed by atoms with Crippen molar-refractivity contribution in [2.45, 2.75) is 75.2 Å². The van der Waals surface area contributed by atoms with Gasteiger partial charge in [-0.2, -0.15) is 0 Å². The summed E-state index contributed by atoms with van der Waals surface area (Å²) in [6, 6.07) is 5.52. The summed E-state index contributed by atoms with van der Waals surface area (Å²) in [5.74, 6) is 0. The van der Waals surface area contributed by atoms with Crippen LogP contribution in [-0.4, -0.2) is 110 Å². The Morgan fingerprint density at radius 3 is 2.10 bits per heavy atom. The minimum absolute atomic E-state index is 0.586. The average Bonchev–Trinajstić information content (AvgIpc) is 2.75. The number of ether oxygens (including phenoxy) is 3. The number of rotatable bonds is 6. The van der Waals surface area contributed by atoms with E-state index in [0.29, 0.717) is 5.69 Å². The highest BCUT2D eigenvalue weighted by Crippen LogP contribution is 2.30. The van der Waals surface area contributed by atoms with Gasteiger partial charge in [-0.3, -0.25) is 0 Å². The molecule has 2 aliphatic rings. The summed E-state index contributed by atoms with van der Waals surface area (Å²) in [5.41, 5.74) is 2.74. The van der Waals surface area contributed by atoms with E-state index in [1.165, 1.54) is 0 Å². The van der Waals surface area contributed by atoms with Crippen molar-refractivity contribution >= 4 is 5.69 Å². The van der Waals surface area contributed by atoms with Crippen molar-refractivity contribution in [2.24, 2.45) is 0 Å². The van der Waals surface area contributed by atoms with Crippen molar-refractivity contribution in [3.8, 4) is 0 Å². The summed E-state index contributed by atoms with van der Waals surface area (Å²) in [7, 11) is 0. The third kappa shape index (κ3) is 5.01. The first-order valence-corrected chi connectivity index (χ1v) is 10.1. The first-order valence-electron chi connectivity index (χ1n) is 10.1. The van der Waals surface area contributed by atoms with E-state index in [9.17, 15) is 35.7 Å². The number of hydrogen-bond acceptors (Lipinski definition) is 11. The smallest absolute Gasteiger partial charge is 0.187 e. The minimum atomic E-state index is -1.70. The van der Waals surface area contributed by atoms with Gasteiger partial charge >= 0.3 is 0 Å². The molecule has 0 unspecified atom stereocenters. The minimum Gasteiger partial charge on any atom is -0.394 e. The van der Waals surface area contributed by atoms with Crippen molar-refractivity contribution in [3.05, 3.63) is 29.3 Å². The maximum Gasteiger partial charge on any atom is 0.187 e. The molecular weight excluding hydrogens is 414 g/mol. The van der Waals surface area contributed by atoms with Crippen LogP contribution in [0.15, 0.2) is 18.2 Å². The molecule has 2 heterocycles. The number of anilines is 1. The predicted octanol–water partition coefficient (Wildman–Crippen LogP) is -2.66. The van der Waals surface area contributed by atoms with Gasteiger partial charge in [-0.15, -0.1) is 0 Å². The molecule has 10 atom stereocenters. The van der Waals surface area contributed by atoms with Crippen LogP contribution in [0.1, 0.15) is 11.1 Å². The molecular formula is C20H31NO10. The molecule has 0 bridgehead atoms. The van der Waals surface area contributed by atoms with Crippen molar-refractivity contribution in [2.75, 3.05) is 18.5 Å².